The quantitative estimate of drug-likeness (QED) is 0.770. The Morgan fingerprint density at radius 1 is 1.00 bits per heavy atom. The average Bonchev–Trinajstić information content (AvgIpc) is 2.91. The standard InChI is InChI=1S/C17H18N2O/c18-13-14-4-3-6-16(12-14)20-11-10-19-9-8-15-5-1-2-7-17(15)19/h1-9,12H,10-11,13,18H2. The third-order valence-corrected chi connectivity index (χ3v) is 3.42. The van der Waals surface area contributed by atoms with Crippen LogP contribution in [-0.4, -0.2) is 11.2 Å². The van der Waals surface area contributed by atoms with Crippen LogP contribution in [0.25, 0.3) is 10.9 Å². The van der Waals surface area contributed by atoms with Crippen LogP contribution in [0.15, 0.2) is 60.8 Å². The zero-order valence-corrected chi connectivity index (χ0v) is 11.3. The van der Waals surface area contributed by atoms with Gasteiger partial charge in [-0.25, -0.2) is 0 Å². The van der Waals surface area contributed by atoms with Gasteiger partial charge >= 0.3 is 0 Å². The maximum atomic E-state index is 5.79. The van der Waals surface area contributed by atoms with E-state index in [1.807, 2.05) is 24.3 Å². The van der Waals surface area contributed by atoms with Crippen LogP contribution in [0.5, 0.6) is 5.75 Å². The smallest absolute Gasteiger partial charge is 0.119 e. The Hall–Kier alpha value is -2.26. The summed E-state index contributed by atoms with van der Waals surface area (Å²) in [5, 5.41) is 1.26. The molecule has 0 spiro atoms. The molecule has 3 aromatic rings. The van der Waals surface area contributed by atoms with Crippen LogP contribution in [0.2, 0.25) is 0 Å². The average molecular weight is 266 g/mol. The number of benzene rings is 2. The van der Waals surface area contributed by atoms with Gasteiger partial charge in [-0.2, -0.15) is 0 Å². The summed E-state index contributed by atoms with van der Waals surface area (Å²) in [6, 6.07) is 18.4. The molecule has 0 amide bonds. The molecule has 1 aromatic heterocycles. The highest BCUT2D eigenvalue weighted by Gasteiger charge is 2.00. The fraction of sp³-hybridized carbons (Fsp3) is 0.176. The molecule has 1 heterocycles. The third-order valence-electron chi connectivity index (χ3n) is 3.42. The first-order valence-corrected chi connectivity index (χ1v) is 6.82. The summed E-state index contributed by atoms with van der Waals surface area (Å²) in [6.45, 7) is 2.02. The number of fused-ring (bicyclic) bond motifs is 1. The van der Waals surface area contributed by atoms with Gasteiger partial charge in [-0.15, -0.1) is 0 Å². The molecular weight excluding hydrogens is 248 g/mol. The molecule has 3 heteroatoms. The lowest BCUT2D eigenvalue weighted by molar-refractivity contribution is 0.300. The van der Waals surface area contributed by atoms with Crippen molar-refractivity contribution in [2.24, 2.45) is 5.73 Å². The summed E-state index contributed by atoms with van der Waals surface area (Å²) in [5.74, 6) is 0.879. The largest absolute Gasteiger partial charge is 0.492 e. The van der Waals surface area contributed by atoms with Crippen molar-refractivity contribution in [2.75, 3.05) is 6.61 Å². The van der Waals surface area contributed by atoms with E-state index < -0.39 is 0 Å². The summed E-state index contributed by atoms with van der Waals surface area (Å²) >= 11 is 0. The van der Waals surface area contributed by atoms with Gasteiger partial charge in [0.2, 0.25) is 0 Å². The van der Waals surface area contributed by atoms with Gasteiger partial charge in [0.15, 0.2) is 0 Å². The normalized spacial score (nSPS) is 10.8. The molecule has 0 aliphatic heterocycles. The predicted octanol–water partition coefficient (Wildman–Crippen LogP) is 3.18. The molecule has 0 radical (unpaired) electrons. The van der Waals surface area contributed by atoms with E-state index in [4.69, 9.17) is 10.5 Å². The van der Waals surface area contributed by atoms with E-state index in [9.17, 15) is 0 Å². The Labute approximate surface area is 118 Å². The highest BCUT2D eigenvalue weighted by molar-refractivity contribution is 5.79. The third kappa shape index (κ3) is 2.68. The zero-order valence-electron chi connectivity index (χ0n) is 11.3. The number of rotatable bonds is 5. The highest BCUT2D eigenvalue weighted by Crippen LogP contribution is 2.16. The van der Waals surface area contributed by atoms with E-state index in [0.29, 0.717) is 13.2 Å². The van der Waals surface area contributed by atoms with Gasteiger partial charge in [0.25, 0.3) is 0 Å². The zero-order chi connectivity index (χ0) is 13.8. The minimum atomic E-state index is 0.541. The van der Waals surface area contributed by atoms with Gasteiger partial charge in [-0.1, -0.05) is 30.3 Å². The van der Waals surface area contributed by atoms with Crippen molar-refractivity contribution in [2.45, 2.75) is 13.1 Å². The van der Waals surface area contributed by atoms with E-state index in [-0.39, 0.29) is 0 Å². The molecule has 102 valence electrons. The maximum absolute atomic E-state index is 5.79. The molecule has 0 saturated carbocycles. The van der Waals surface area contributed by atoms with Crippen molar-refractivity contribution >= 4 is 10.9 Å². The minimum absolute atomic E-state index is 0.541. The summed E-state index contributed by atoms with van der Waals surface area (Å²) < 4.78 is 8.00. The molecule has 0 atom stereocenters. The van der Waals surface area contributed by atoms with E-state index in [1.165, 1.54) is 10.9 Å². The van der Waals surface area contributed by atoms with Crippen molar-refractivity contribution in [3.05, 3.63) is 66.4 Å². The lowest BCUT2D eigenvalue weighted by Gasteiger charge is -2.09. The fourth-order valence-electron chi connectivity index (χ4n) is 2.36. The lowest BCUT2D eigenvalue weighted by Crippen LogP contribution is -2.07. The van der Waals surface area contributed by atoms with Crippen LogP contribution in [0.1, 0.15) is 5.56 Å². The van der Waals surface area contributed by atoms with Crippen LogP contribution in [0, 0.1) is 0 Å². The predicted molar refractivity (Wildman–Crippen MR) is 81.8 cm³/mol. The molecule has 0 aliphatic rings. The molecule has 20 heavy (non-hydrogen) atoms. The van der Waals surface area contributed by atoms with Gasteiger partial charge < -0.3 is 15.0 Å². The van der Waals surface area contributed by atoms with Crippen molar-refractivity contribution in [3.8, 4) is 5.75 Å². The second kappa shape index (κ2) is 5.80. The number of hydrogen-bond donors (Lipinski definition) is 1. The van der Waals surface area contributed by atoms with Gasteiger partial charge in [-0.05, 0) is 35.2 Å². The van der Waals surface area contributed by atoms with Gasteiger partial charge in [0.1, 0.15) is 12.4 Å². The Morgan fingerprint density at radius 2 is 1.90 bits per heavy atom. The van der Waals surface area contributed by atoms with Crippen molar-refractivity contribution in [1.29, 1.82) is 0 Å². The van der Waals surface area contributed by atoms with Crippen molar-refractivity contribution in [3.63, 3.8) is 0 Å². The van der Waals surface area contributed by atoms with Gasteiger partial charge in [-0.3, -0.25) is 0 Å². The number of para-hydroxylation sites is 1. The molecule has 2 aromatic carbocycles. The lowest BCUT2D eigenvalue weighted by atomic mass is 10.2. The molecule has 0 fully saturated rings. The number of aromatic nitrogens is 1. The topological polar surface area (TPSA) is 40.2 Å². The highest BCUT2D eigenvalue weighted by atomic mass is 16.5. The van der Waals surface area contributed by atoms with Crippen molar-refractivity contribution in [1.82, 2.24) is 4.57 Å². The first-order chi connectivity index (χ1) is 9.86. The Bertz CT molecular complexity index is 703. The molecule has 0 saturated heterocycles. The van der Waals surface area contributed by atoms with Crippen LogP contribution < -0.4 is 10.5 Å². The summed E-state index contributed by atoms with van der Waals surface area (Å²) in [4.78, 5) is 0. The first kappa shape index (κ1) is 12.8. The van der Waals surface area contributed by atoms with Crippen LogP contribution in [0.3, 0.4) is 0 Å². The van der Waals surface area contributed by atoms with Gasteiger partial charge in [0.05, 0.1) is 6.54 Å². The number of nitrogens with two attached hydrogens (primary N) is 1. The fourth-order valence-corrected chi connectivity index (χ4v) is 2.36. The monoisotopic (exact) mass is 266 g/mol. The number of nitrogens with zero attached hydrogens (tertiary/aromatic N) is 1. The van der Waals surface area contributed by atoms with Gasteiger partial charge in [0, 0.05) is 18.3 Å². The van der Waals surface area contributed by atoms with E-state index in [1.54, 1.807) is 0 Å². The molecule has 3 nitrogen and oxygen atoms in total. The molecule has 0 aliphatic carbocycles. The van der Waals surface area contributed by atoms with E-state index >= 15 is 0 Å². The SMILES string of the molecule is NCc1cccc(OCCn2ccc3ccccc32)c1. The van der Waals surface area contributed by atoms with Crippen molar-refractivity contribution < 1.29 is 4.74 Å². The number of ether oxygens (including phenoxy) is 1. The van der Waals surface area contributed by atoms with E-state index in [0.717, 1.165) is 17.9 Å². The molecular formula is C17H18N2O. The second-order valence-electron chi connectivity index (χ2n) is 4.77. The molecule has 0 unspecified atom stereocenters. The Kier molecular flexibility index (Phi) is 3.70. The first-order valence-electron chi connectivity index (χ1n) is 6.82. The Morgan fingerprint density at radius 3 is 2.80 bits per heavy atom. The number of hydrogen-bond acceptors (Lipinski definition) is 2. The maximum Gasteiger partial charge on any atom is 0.119 e. The van der Waals surface area contributed by atoms with E-state index in [2.05, 4.69) is 41.1 Å². The molecule has 2 N–H and O–H groups in total. The van der Waals surface area contributed by atoms with Crippen LogP contribution >= 0.6 is 0 Å². The minimum Gasteiger partial charge on any atom is -0.492 e. The van der Waals surface area contributed by atoms with Crippen LogP contribution in [-0.2, 0) is 13.1 Å². The summed E-state index contributed by atoms with van der Waals surface area (Å²) in [6.07, 6.45) is 2.10. The molecule has 3 rings (SSSR count). The summed E-state index contributed by atoms with van der Waals surface area (Å²) in [5.41, 5.74) is 7.96. The van der Waals surface area contributed by atoms with Crippen LogP contribution in [0.4, 0.5) is 0 Å². The molecule has 0 bridgehead atoms. The Balaban J connectivity index is 1.65. The second-order valence-corrected chi connectivity index (χ2v) is 4.77. The summed E-state index contributed by atoms with van der Waals surface area (Å²) in [7, 11) is 0.